The normalized spacial score (nSPS) is 29.9. The van der Waals surface area contributed by atoms with E-state index >= 15 is 0 Å². The van der Waals surface area contributed by atoms with Crippen molar-refractivity contribution in [2.45, 2.75) is 38.1 Å². The van der Waals surface area contributed by atoms with Crippen LogP contribution in [0.1, 0.15) is 31.7 Å². The zero-order valence-corrected chi connectivity index (χ0v) is 10.1. The Morgan fingerprint density at radius 3 is 2.53 bits per heavy atom. The summed E-state index contributed by atoms with van der Waals surface area (Å²) in [6.45, 7) is 2.20. The fraction of sp³-hybridized carbons (Fsp3) is 0.538. The predicted octanol–water partition coefficient (Wildman–Crippen LogP) is 3.17. The smallest absolute Gasteiger partial charge is 0.0157 e. The molecular weight excluding hydrogens is 206 g/mol. The molecule has 2 atom stereocenters. The SMILES string of the molecule is CC1(N)CCCC1Cc1ccccc1.Cl. The first-order valence-electron chi connectivity index (χ1n) is 5.51. The third-order valence-corrected chi connectivity index (χ3v) is 3.53. The maximum atomic E-state index is 6.27. The summed E-state index contributed by atoms with van der Waals surface area (Å²) in [5.74, 6) is 0.671. The zero-order valence-electron chi connectivity index (χ0n) is 9.28. The topological polar surface area (TPSA) is 26.0 Å². The van der Waals surface area contributed by atoms with Crippen molar-refractivity contribution >= 4 is 12.4 Å². The average molecular weight is 226 g/mol. The highest BCUT2D eigenvalue weighted by atomic mass is 35.5. The minimum Gasteiger partial charge on any atom is -0.325 e. The standard InChI is InChI=1S/C13H19N.ClH/c1-13(14)9-5-8-12(13)10-11-6-3-2-4-7-11;/h2-4,6-7,12H,5,8-10,14H2,1H3;1H. The molecule has 1 nitrogen and oxygen atoms in total. The minimum absolute atomic E-state index is 0. The first-order valence-corrected chi connectivity index (χ1v) is 5.51. The summed E-state index contributed by atoms with van der Waals surface area (Å²) in [6.07, 6.45) is 4.92. The first-order chi connectivity index (χ1) is 6.68. The van der Waals surface area contributed by atoms with Crippen LogP contribution in [-0.2, 0) is 6.42 Å². The van der Waals surface area contributed by atoms with Crippen LogP contribution in [-0.4, -0.2) is 5.54 Å². The van der Waals surface area contributed by atoms with Gasteiger partial charge in [0.05, 0.1) is 0 Å². The highest BCUT2D eigenvalue weighted by Crippen LogP contribution is 2.35. The fourth-order valence-corrected chi connectivity index (χ4v) is 2.50. The quantitative estimate of drug-likeness (QED) is 0.822. The number of hydrogen-bond acceptors (Lipinski definition) is 1. The molecule has 0 spiro atoms. The van der Waals surface area contributed by atoms with Gasteiger partial charge in [-0.25, -0.2) is 0 Å². The molecule has 2 N–H and O–H groups in total. The lowest BCUT2D eigenvalue weighted by molar-refractivity contribution is 0.344. The van der Waals surface area contributed by atoms with Crippen molar-refractivity contribution in [1.82, 2.24) is 0 Å². The summed E-state index contributed by atoms with van der Waals surface area (Å²) in [5.41, 5.74) is 7.76. The van der Waals surface area contributed by atoms with Crippen molar-refractivity contribution in [3.8, 4) is 0 Å². The molecule has 1 aromatic rings. The van der Waals surface area contributed by atoms with Crippen LogP contribution < -0.4 is 5.73 Å². The highest BCUT2D eigenvalue weighted by Gasteiger charge is 2.34. The molecule has 1 fully saturated rings. The van der Waals surface area contributed by atoms with Gasteiger partial charge in [-0.15, -0.1) is 12.4 Å². The monoisotopic (exact) mass is 225 g/mol. The molecule has 0 heterocycles. The minimum atomic E-state index is 0. The molecule has 0 aliphatic heterocycles. The van der Waals surface area contributed by atoms with Crippen molar-refractivity contribution in [3.63, 3.8) is 0 Å². The summed E-state index contributed by atoms with van der Waals surface area (Å²) in [7, 11) is 0. The lowest BCUT2D eigenvalue weighted by Crippen LogP contribution is -2.40. The van der Waals surface area contributed by atoms with Gasteiger partial charge in [0.25, 0.3) is 0 Å². The summed E-state index contributed by atoms with van der Waals surface area (Å²) in [4.78, 5) is 0. The first kappa shape index (κ1) is 12.5. The van der Waals surface area contributed by atoms with Crippen LogP contribution in [0, 0.1) is 5.92 Å². The van der Waals surface area contributed by atoms with E-state index in [2.05, 4.69) is 37.3 Å². The Morgan fingerprint density at radius 2 is 2.00 bits per heavy atom. The van der Waals surface area contributed by atoms with Crippen LogP contribution in [0.4, 0.5) is 0 Å². The molecule has 0 bridgehead atoms. The van der Waals surface area contributed by atoms with Gasteiger partial charge >= 0.3 is 0 Å². The maximum Gasteiger partial charge on any atom is 0.0157 e. The largest absolute Gasteiger partial charge is 0.325 e. The fourth-order valence-electron chi connectivity index (χ4n) is 2.50. The van der Waals surface area contributed by atoms with Crippen LogP contribution in [0.25, 0.3) is 0 Å². The van der Waals surface area contributed by atoms with E-state index in [1.54, 1.807) is 0 Å². The molecule has 0 radical (unpaired) electrons. The van der Waals surface area contributed by atoms with Crippen LogP contribution >= 0.6 is 12.4 Å². The molecule has 2 rings (SSSR count). The van der Waals surface area contributed by atoms with E-state index in [4.69, 9.17) is 5.73 Å². The summed E-state index contributed by atoms with van der Waals surface area (Å²) < 4.78 is 0. The van der Waals surface area contributed by atoms with E-state index in [0.717, 1.165) is 6.42 Å². The molecule has 1 aliphatic carbocycles. The number of nitrogens with two attached hydrogens (primary N) is 1. The van der Waals surface area contributed by atoms with Gasteiger partial charge in [-0.2, -0.15) is 0 Å². The second-order valence-electron chi connectivity index (χ2n) is 4.78. The van der Waals surface area contributed by atoms with Crippen molar-refractivity contribution in [3.05, 3.63) is 35.9 Å². The maximum absolute atomic E-state index is 6.27. The average Bonchev–Trinajstić information content (AvgIpc) is 2.48. The Balaban J connectivity index is 0.00000112. The summed E-state index contributed by atoms with van der Waals surface area (Å²) in [5, 5.41) is 0. The number of rotatable bonds is 2. The van der Waals surface area contributed by atoms with Crippen LogP contribution in [0.15, 0.2) is 30.3 Å². The molecule has 2 heteroatoms. The molecular formula is C13H20ClN. The lowest BCUT2D eigenvalue weighted by atomic mass is 9.85. The second-order valence-corrected chi connectivity index (χ2v) is 4.78. The third-order valence-electron chi connectivity index (χ3n) is 3.53. The van der Waals surface area contributed by atoms with Crippen molar-refractivity contribution < 1.29 is 0 Å². The number of hydrogen-bond donors (Lipinski definition) is 1. The Morgan fingerprint density at radius 1 is 1.33 bits per heavy atom. The van der Waals surface area contributed by atoms with Gasteiger partial charge in [0, 0.05) is 5.54 Å². The van der Waals surface area contributed by atoms with Gasteiger partial charge in [-0.05, 0) is 37.7 Å². The predicted molar refractivity (Wildman–Crippen MR) is 67.3 cm³/mol. The van der Waals surface area contributed by atoms with Gasteiger partial charge in [0.1, 0.15) is 0 Å². The van der Waals surface area contributed by atoms with E-state index in [0.29, 0.717) is 5.92 Å². The highest BCUT2D eigenvalue weighted by molar-refractivity contribution is 5.85. The van der Waals surface area contributed by atoms with Gasteiger partial charge in [-0.3, -0.25) is 0 Å². The molecule has 0 amide bonds. The van der Waals surface area contributed by atoms with E-state index in [1.807, 2.05) is 0 Å². The summed E-state index contributed by atoms with van der Waals surface area (Å²) in [6, 6.07) is 10.7. The number of halogens is 1. The molecule has 1 saturated carbocycles. The third kappa shape index (κ3) is 2.96. The van der Waals surface area contributed by atoms with Gasteiger partial charge in [0.2, 0.25) is 0 Å². The Hall–Kier alpha value is -0.530. The van der Waals surface area contributed by atoms with Gasteiger partial charge in [-0.1, -0.05) is 36.8 Å². The Bertz CT molecular complexity index is 295. The molecule has 1 aromatic carbocycles. The van der Waals surface area contributed by atoms with E-state index in [1.165, 1.54) is 24.8 Å². The van der Waals surface area contributed by atoms with E-state index < -0.39 is 0 Å². The van der Waals surface area contributed by atoms with Gasteiger partial charge < -0.3 is 5.73 Å². The Kier molecular flexibility index (Phi) is 4.18. The van der Waals surface area contributed by atoms with Crippen molar-refractivity contribution in [2.75, 3.05) is 0 Å². The molecule has 2 unspecified atom stereocenters. The van der Waals surface area contributed by atoms with Crippen LogP contribution in [0.5, 0.6) is 0 Å². The van der Waals surface area contributed by atoms with Crippen molar-refractivity contribution in [1.29, 1.82) is 0 Å². The molecule has 0 saturated heterocycles. The molecule has 1 aliphatic rings. The Labute approximate surface area is 98.5 Å². The molecule has 84 valence electrons. The van der Waals surface area contributed by atoms with E-state index in [9.17, 15) is 0 Å². The van der Waals surface area contributed by atoms with Gasteiger partial charge in [0.15, 0.2) is 0 Å². The number of benzene rings is 1. The second kappa shape index (κ2) is 5.00. The van der Waals surface area contributed by atoms with Crippen LogP contribution in [0.3, 0.4) is 0 Å². The summed E-state index contributed by atoms with van der Waals surface area (Å²) >= 11 is 0. The lowest BCUT2D eigenvalue weighted by Gasteiger charge is -2.26. The van der Waals surface area contributed by atoms with Crippen molar-refractivity contribution in [2.24, 2.45) is 11.7 Å². The molecule has 0 aromatic heterocycles. The zero-order chi connectivity index (χ0) is 10.0. The van der Waals surface area contributed by atoms with Crippen LogP contribution in [0.2, 0.25) is 0 Å². The van der Waals surface area contributed by atoms with E-state index in [-0.39, 0.29) is 17.9 Å². The molecule has 15 heavy (non-hydrogen) atoms.